The molecule has 2 fully saturated rings. The van der Waals surface area contributed by atoms with Crippen molar-refractivity contribution in [1.29, 1.82) is 5.26 Å². The number of nitriles is 1. The molecule has 1 aromatic carbocycles. The van der Waals surface area contributed by atoms with Crippen molar-refractivity contribution in [3.05, 3.63) is 52.3 Å². The van der Waals surface area contributed by atoms with Crippen LogP contribution in [0.1, 0.15) is 68.2 Å². The highest BCUT2D eigenvalue weighted by atomic mass is 32.1. The Morgan fingerprint density at radius 1 is 1.11 bits per heavy atom. The molecule has 0 radical (unpaired) electrons. The largest absolute Gasteiger partial charge is 0.444 e. The third kappa shape index (κ3) is 7.81. The number of piperidine rings is 1. The van der Waals surface area contributed by atoms with Crippen molar-refractivity contribution in [1.82, 2.24) is 24.8 Å². The lowest BCUT2D eigenvalue weighted by atomic mass is 9.80. The van der Waals surface area contributed by atoms with E-state index in [1.165, 1.54) is 17.5 Å². The fraction of sp³-hybridized carbons (Fsp3) is 0.529. The number of alkyl halides is 3. The van der Waals surface area contributed by atoms with Gasteiger partial charge in [-0.05, 0) is 88.6 Å². The van der Waals surface area contributed by atoms with Gasteiger partial charge in [-0.3, -0.25) is 4.90 Å². The van der Waals surface area contributed by atoms with Crippen LogP contribution in [-0.4, -0.2) is 62.5 Å². The lowest BCUT2D eigenvalue weighted by Gasteiger charge is -2.36. The van der Waals surface area contributed by atoms with Crippen molar-refractivity contribution in [2.24, 2.45) is 5.92 Å². The predicted molar refractivity (Wildman–Crippen MR) is 176 cm³/mol. The quantitative estimate of drug-likeness (QED) is 0.203. The van der Waals surface area contributed by atoms with Crippen molar-refractivity contribution in [3.8, 4) is 6.07 Å². The summed E-state index contributed by atoms with van der Waals surface area (Å²) >= 11 is 1.06. The minimum absolute atomic E-state index is 0.0867. The van der Waals surface area contributed by atoms with Gasteiger partial charge in [0.1, 0.15) is 34.3 Å². The number of nitrogens with zero attached hydrogens (tertiary/aromatic N) is 5. The van der Waals surface area contributed by atoms with Crippen LogP contribution in [0.15, 0.2) is 30.6 Å². The summed E-state index contributed by atoms with van der Waals surface area (Å²) in [6, 6.07) is 10.5. The Morgan fingerprint density at radius 2 is 1.85 bits per heavy atom. The topological polar surface area (TPSA) is 108 Å². The normalized spacial score (nSPS) is 19.4. The fourth-order valence-electron chi connectivity index (χ4n) is 6.69. The number of fused-ring (bicyclic) bond motifs is 2. The van der Waals surface area contributed by atoms with E-state index >= 15 is 0 Å². The summed E-state index contributed by atoms with van der Waals surface area (Å²) in [6.07, 6.45) is -0.747. The highest BCUT2D eigenvalue weighted by Gasteiger charge is 2.33. The molecule has 0 spiro atoms. The number of amides is 1. The van der Waals surface area contributed by atoms with Crippen molar-refractivity contribution < 1.29 is 22.7 Å². The molecule has 2 aliphatic rings. The Labute approximate surface area is 276 Å². The van der Waals surface area contributed by atoms with E-state index in [0.29, 0.717) is 27.6 Å². The number of carbonyl (C=O) groups excluding carboxylic acids is 1. The zero-order valence-electron chi connectivity index (χ0n) is 27.1. The maximum atomic E-state index is 12.9. The lowest BCUT2D eigenvalue weighted by molar-refractivity contribution is -0.126. The highest BCUT2D eigenvalue weighted by Crippen LogP contribution is 2.35. The van der Waals surface area contributed by atoms with Crippen molar-refractivity contribution in [2.75, 3.05) is 18.4 Å². The molecule has 1 amide bonds. The predicted octanol–water partition coefficient (Wildman–Crippen LogP) is 7.31. The van der Waals surface area contributed by atoms with Crippen LogP contribution < -0.4 is 10.6 Å². The summed E-state index contributed by atoms with van der Waals surface area (Å²) in [4.78, 5) is 23.9. The second-order valence-corrected chi connectivity index (χ2v) is 15.0. The average molecular weight is 668 g/mol. The number of alkyl carbamates (subject to hydrolysis) is 1. The molecule has 4 aromatic rings. The van der Waals surface area contributed by atoms with Crippen LogP contribution in [0.3, 0.4) is 0 Å². The number of hydrogen-bond donors (Lipinski definition) is 2. The summed E-state index contributed by atoms with van der Waals surface area (Å²) in [7, 11) is 0. The Kier molecular flexibility index (Phi) is 9.11. The number of thiophene rings is 1. The van der Waals surface area contributed by atoms with Gasteiger partial charge in [-0.2, -0.15) is 18.4 Å². The molecule has 4 heterocycles. The molecule has 47 heavy (non-hydrogen) atoms. The minimum atomic E-state index is -4.26. The van der Waals surface area contributed by atoms with Crippen LogP contribution >= 0.6 is 11.3 Å². The van der Waals surface area contributed by atoms with Crippen LogP contribution in [-0.2, 0) is 24.2 Å². The van der Waals surface area contributed by atoms with Gasteiger partial charge in [0.15, 0.2) is 0 Å². The van der Waals surface area contributed by atoms with Crippen LogP contribution in [0, 0.1) is 24.2 Å². The first-order valence-electron chi connectivity index (χ1n) is 16.0. The summed E-state index contributed by atoms with van der Waals surface area (Å²) in [5.41, 5.74) is 3.56. The number of benzene rings is 1. The standard InChI is InChI=1S/C34H40F3N7O2S/c1-20-22(5-6-29-27(20)13-25(16-38)44(29)17-21-11-24(12-21)42-32(45)46-33(2,3)4)18-43-9-7-23(8-10-43)41-30-28-14-26(15-34(35,36)37)47-31(28)40-19-39-30/h5-6,13-14,19,21,23-24H,7-12,15,17-18H2,1-4H3,(H,42,45)(H,39,40,41)/t21-,24+. The molecule has 2 N–H and O–H groups in total. The van der Waals surface area contributed by atoms with Gasteiger partial charge in [-0.25, -0.2) is 14.8 Å². The van der Waals surface area contributed by atoms with E-state index in [0.717, 1.165) is 74.1 Å². The summed E-state index contributed by atoms with van der Waals surface area (Å²) < 4.78 is 46.3. The van der Waals surface area contributed by atoms with Crippen molar-refractivity contribution in [3.63, 3.8) is 0 Å². The molecule has 1 aliphatic heterocycles. The number of hydrogen-bond acceptors (Lipinski definition) is 8. The fourth-order valence-corrected chi connectivity index (χ4v) is 7.72. The maximum absolute atomic E-state index is 12.9. The van der Waals surface area contributed by atoms with E-state index < -0.39 is 18.2 Å². The number of nitrogens with one attached hydrogen (secondary N) is 2. The number of halogens is 3. The van der Waals surface area contributed by atoms with E-state index in [1.54, 1.807) is 6.07 Å². The van der Waals surface area contributed by atoms with Gasteiger partial charge >= 0.3 is 12.3 Å². The van der Waals surface area contributed by atoms with Gasteiger partial charge in [-0.15, -0.1) is 11.3 Å². The molecule has 0 unspecified atom stereocenters. The molecule has 9 nitrogen and oxygen atoms in total. The number of carbonyl (C=O) groups is 1. The summed E-state index contributed by atoms with van der Waals surface area (Å²) in [5.74, 6) is 0.960. The number of ether oxygens (including phenoxy) is 1. The van der Waals surface area contributed by atoms with Crippen LogP contribution in [0.4, 0.5) is 23.8 Å². The number of anilines is 1. The molecule has 0 bridgehead atoms. The van der Waals surface area contributed by atoms with Gasteiger partial charge in [0.2, 0.25) is 0 Å². The molecule has 1 saturated heterocycles. The molecule has 3 aromatic heterocycles. The van der Waals surface area contributed by atoms with Gasteiger partial charge in [0, 0.05) is 54.0 Å². The SMILES string of the molecule is Cc1c(CN2CCC(Nc3ncnc4sc(CC(F)(F)F)cc34)CC2)ccc2c1cc(C#N)n2C[C@H]1C[C@@H](NC(=O)OC(C)(C)C)C1. The van der Waals surface area contributed by atoms with E-state index in [9.17, 15) is 23.2 Å². The van der Waals surface area contributed by atoms with Crippen LogP contribution in [0.2, 0.25) is 0 Å². The number of aromatic nitrogens is 3. The second kappa shape index (κ2) is 13.0. The first-order valence-corrected chi connectivity index (χ1v) is 16.9. The van der Waals surface area contributed by atoms with Crippen molar-refractivity contribution >= 4 is 44.4 Å². The Hall–Kier alpha value is -3.89. The minimum Gasteiger partial charge on any atom is -0.444 e. The monoisotopic (exact) mass is 667 g/mol. The molecule has 250 valence electrons. The average Bonchev–Trinajstić information content (AvgIpc) is 3.53. The van der Waals surface area contributed by atoms with Crippen LogP contribution in [0.5, 0.6) is 0 Å². The first kappa shape index (κ1) is 33.0. The Morgan fingerprint density at radius 3 is 2.53 bits per heavy atom. The van der Waals surface area contributed by atoms with Gasteiger partial charge < -0.3 is 19.9 Å². The molecule has 6 rings (SSSR count). The molecule has 1 aliphatic carbocycles. The second-order valence-electron chi connectivity index (χ2n) is 13.9. The van der Waals surface area contributed by atoms with Crippen LogP contribution in [0.25, 0.3) is 21.1 Å². The third-order valence-corrected chi connectivity index (χ3v) is 10.1. The van der Waals surface area contributed by atoms with E-state index in [1.807, 2.05) is 26.8 Å². The zero-order valence-corrected chi connectivity index (χ0v) is 27.9. The smallest absolute Gasteiger partial charge is 0.407 e. The molecule has 0 atom stereocenters. The number of likely N-dealkylation sites (tertiary alicyclic amines) is 1. The third-order valence-electron chi connectivity index (χ3n) is 9.06. The Balaban J connectivity index is 1.05. The van der Waals surface area contributed by atoms with Crippen molar-refractivity contribution in [2.45, 2.75) is 96.7 Å². The number of rotatable bonds is 8. The lowest BCUT2D eigenvalue weighted by Crippen LogP contribution is -2.47. The molecular formula is C34H40F3N7O2S. The highest BCUT2D eigenvalue weighted by molar-refractivity contribution is 7.18. The first-order chi connectivity index (χ1) is 22.2. The van der Waals surface area contributed by atoms with Gasteiger partial charge in [0.25, 0.3) is 0 Å². The summed E-state index contributed by atoms with van der Waals surface area (Å²) in [5, 5.41) is 18.1. The van der Waals surface area contributed by atoms with E-state index in [2.05, 4.69) is 55.2 Å². The summed E-state index contributed by atoms with van der Waals surface area (Å²) in [6.45, 7) is 10.9. The molecular weight excluding hydrogens is 627 g/mol. The Bertz CT molecular complexity index is 1810. The van der Waals surface area contributed by atoms with E-state index in [-0.39, 0.29) is 23.1 Å². The molecule has 1 saturated carbocycles. The zero-order chi connectivity index (χ0) is 33.5. The van der Waals surface area contributed by atoms with Gasteiger partial charge in [-0.1, -0.05) is 6.07 Å². The molecule has 13 heteroatoms. The van der Waals surface area contributed by atoms with Gasteiger partial charge in [0.05, 0.1) is 11.8 Å². The van der Waals surface area contributed by atoms with E-state index in [4.69, 9.17) is 4.74 Å². The maximum Gasteiger partial charge on any atom is 0.407 e. The number of aryl methyl sites for hydroxylation is 1.